The molecule has 0 saturated carbocycles. The number of carbonyl (C=O) groups excluding carboxylic acids is 1. The summed E-state index contributed by atoms with van der Waals surface area (Å²) in [6, 6.07) is 9.57. The van der Waals surface area contributed by atoms with E-state index in [1.807, 2.05) is 6.92 Å². The average Bonchev–Trinajstić information content (AvgIpc) is 2.60. The standard InChI is InChI=1S/C18H20ClFN2O3S/c1-2-3-4-10-21-26(24,25)15-8-9-17(16(20)12-15)22-18(23)13-6-5-7-14(19)11-13/h5-9,11-12,21H,2-4,10H2,1H3,(H,22,23). The minimum Gasteiger partial charge on any atom is -0.319 e. The zero-order valence-electron chi connectivity index (χ0n) is 14.3. The van der Waals surface area contributed by atoms with Gasteiger partial charge in [0.2, 0.25) is 10.0 Å². The highest BCUT2D eigenvalue weighted by molar-refractivity contribution is 7.89. The Morgan fingerprint density at radius 2 is 1.92 bits per heavy atom. The topological polar surface area (TPSA) is 75.3 Å². The highest BCUT2D eigenvalue weighted by Gasteiger charge is 2.17. The van der Waals surface area contributed by atoms with Crippen LogP contribution in [0.3, 0.4) is 0 Å². The fourth-order valence-electron chi connectivity index (χ4n) is 2.25. The van der Waals surface area contributed by atoms with Gasteiger partial charge in [0.25, 0.3) is 5.91 Å². The van der Waals surface area contributed by atoms with Gasteiger partial charge >= 0.3 is 0 Å². The normalized spacial score (nSPS) is 11.3. The molecule has 0 aliphatic heterocycles. The molecule has 8 heteroatoms. The summed E-state index contributed by atoms with van der Waals surface area (Å²) in [7, 11) is -3.79. The monoisotopic (exact) mass is 398 g/mol. The van der Waals surface area contributed by atoms with Crippen LogP contribution in [0.4, 0.5) is 10.1 Å². The van der Waals surface area contributed by atoms with Gasteiger partial charge in [-0.3, -0.25) is 4.79 Å². The molecule has 0 fully saturated rings. The van der Waals surface area contributed by atoms with Gasteiger partial charge in [-0.05, 0) is 42.8 Å². The van der Waals surface area contributed by atoms with Gasteiger partial charge in [-0.15, -0.1) is 0 Å². The van der Waals surface area contributed by atoms with E-state index >= 15 is 0 Å². The molecule has 0 aromatic heterocycles. The lowest BCUT2D eigenvalue weighted by atomic mass is 10.2. The van der Waals surface area contributed by atoms with Crippen molar-refractivity contribution in [1.82, 2.24) is 4.72 Å². The van der Waals surface area contributed by atoms with Gasteiger partial charge in [0.1, 0.15) is 5.82 Å². The zero-order valence-corrected chi connectivity index (χ0v) is 15.8. The molecule has 2 N–H and O–H groups in total. The number of nitrogens with one attached hydrogen (secondary N) is 2. The van der Waals surface area contributed by atoms with Crippen LogP contribution < -0.4 is 10.0 Å². The van der Waals surface area contributed by atoms with Crippen molar-refractivity contribution in [3.63, 3.8) is 0 Å². The highest BCUT2D eigenvalue weighted by atomic mass is 35.5. The first-order chi connectivity index (χ1) is 12.3. The van der Waals surface area contributed by atoms with Crippen molar-refractivity contribution < 1.29 is 17.6 Å². The number of anilines is 1. The van der Waals surface area contributed by atoms with Crippen LogP contribution in [0.5, 0.6) is 0 Å². The maximum atomic E-state index is 14.2. The fraction of sp³-hybridized carbons (Fsp3) is 0.278. The summed E-state index contributed by atoms with van der Waals surface area (Å²) < 4.78 is 41.0. The minimum atomic E-state index is -3.79. The Kier molecular flexibility index (Phi) is 7.14. The summed E-state index contributed by atoms with van der Waals surface area (Å²) in [5.74, 6) is -1.38. The largest absolute Gasteiger partial charge is 0.319 e. The maximum Gasteiger partial charge on any atom is 0.255 e. The number of benzene rings is 2. The SMILES string of the molecule is CCCCCNS(=O)(=O)c1ccc(NC(=O)c2cccc(Cl)c2)c(F)c1. The molecule has 1 amide bonds. The molecular weight excluding hydrogens is 379 g/mol. The van der Waals surface area contributed by atoms with E-state index in [4.69, 9.17) is 11.6 Å². The molecule has 0 aliphatic rings. The summed E-state index contributed by atoms with van der Waals surface area (Å²) in [6.07, 6.45) is 2.59. The van der Waals surface area contributed by atoms with Crippen LogP contribution in [0.1, 0.15) is 36.5 Å². The van der Waals surface area contributed by atoms with Crippen molar-refractivity contribution in [2.45, 2.75) is 31.1 Å². The van der Waals surface area contributed by atoms with Crippen LogP contribution in [0.2, 0.25) is 5.02 Å². The second kappa shape index (κ2) is 9.12. The number of halogens is 2. The summed E-state index contributed by atoms with van der Waals surface area (Å²) >= 11 is 5.83. The predicted molar refractivity (Wildman–Crippen MR) is 101 cm³/mol. The van der Waals surface area contributed by atoms with Crippen LogP contribution >= 0.6 is 11.6 Å². The number of rotatable bonds is 8. The molecule has 0 spiro atoms. The molecule has 0 atom stereocenters. The quantitative estimate of drug-likeness (QED) is 0.654. The molecule has 2 rings (SSSR count). The lowest BCUT2D eigenvalue weighted by molar-refractivity contribution is 0.102. The third-order valence-electron chi connectivity index (χ3n) is 3.66. The predicted octanol–water partition coefficient (Wildman–Crippen LogP) is 4.20. The molecule has 0 saturated heterocycles. The first-order valence-electron chi connectivity index (χ1n) is 8.19. The Balaban J connectivity index is 2.10. The number of hydrogen-bond donors (Lipinski definition) is 2. The van der Waals surface area contributed by atoms with E-state index in [0.717, 1.165) is 18.9 Å². The van der Waals surface area contributed by atoms with Crippen LogP contribution in [0, 0.1) is 5.82 Å². The van der Waals surface area contributed by atoms with Crippen molar-refractivity contribution in [3.8, 4) is 0 Å². The molecule has 2 aromatic carbocycles. The molecule has 140 valence electrons. The average molecular weight is 399 g/mol. The van der Waals surface area contributed by atoms with Crippen LogP contribution in [-0.2, 0) is 10.0 Å². The van der Waals surface area contributed by atoms with Crippen molar-refractivity contribution in [2.24, 2.45) is 0 Å². The molecule has 0 unspecified atom stereocenters. The maximum absolute atomic E-state index is 14.2. The lowest BCUT2D eigenvalue weighted by Crippen LogP contribution is -2.25. The number of carbonyl (C=O) groups is 1. The Morgan fingerprint density at radius 1 is 1.15 bits per heavy atom. The first-order valence-corrected chi connectivity index (χ1v) is 10.1. The van der Waals surface area contributed by atoms with Gasteiger partial charge in [0.05, 0.1) is 10.6 Å². The second-order valence-corrected chi connectivity index (χ2v) is 7.91. The van der Waals surface area contributed by atoms with Crippen molar-refractivity contribution >= 4 is 33.2 Å². The van der Waals surface area contributed by atoms with E-state index in [-0.39, 0.29) is 16.1 Å². The second-order valence-electron chi connectivity index (χ2n) is 5.71. The van der Waals surface area contributed by atoms with E-state index in [0.29, 0.717) is 18.0 Å². The van der Waals surface area contributed by atoms with Gasteiger partial charge in [-0.1, -0.05) is 37.4 Å². The van der Waals surface area contributed by atoms with Gasteiger partial charge in [-0.25, -0.2) is 17.5 Å². The molecule has 5 nitrogen and oxygen atoms in total. The van der Waals surface area contributed by atoms with E-state index in [2.05, 4.69) is 10.0 Å². The molecule has 0 heterocycles. The fourth-order valence-corrected chi connectivity index (χ4v) is 3.53. The Bertz CT molecular complexity index is 888. The van der Waals surface area contributed by atoms with Crippen LogP contribution in [-0.4, -0.2) is 20.9 Å². The highest BCUT2D eigenvalue weighted by Crippen LogP contribution is 2.20. The number of unbranched alkanes of at least 4 members (excludes halogenated alkanes) is 2. The van der Waals surface area contributed by atoms with E-state index in [1.54, 1.807) is 12.1 Å². The summed E-state index contributed by atoms with van der Waals surface area (Å²) in [5, 5.41) is 2.79. The van der Waals surface area contributed by atoms with Crippen LogP contribution in [0.25, 0.3) is 0 Å². The van der Waals surface area contributed by atoms with Gasteiger partial charge in [0.15, 0.2) is 0 Å². The van der Waals surface area contributed by atoms with Gasteiger partial charge in [-0.2, -0.15) is 0 Å². The summed E-state index contributed by atoms with van der Waals surface area (Å²) in [4.78, 5) is 11.9. The molecule has 0 aliphatic carbocycles. The third kappa shape index (κ3) is 5.52. The Morgan fingerprint density at radius 3 is 2.58 bits per heavy atom. The van der Waals surface area contributed by atoms with Gasteiger partial charge < -0.3 is 5.32 Å². The minimum absolute atomic E-state index is 0.111. The smallest absolute Gasteiger partial charge is 0.255 e. The van der Waals surface area contributed by atoms with Crippen molar-refractivity contribution in [3.05, 3.63) is 58.9 Å². The van der Waals surface area contributed by atoms with Crippen LogP contribution in [0.15, 0.2) is 47.4 Å². The lowest BCUT2D eigenvalue weighted by Gasteiger charge is -2.10. The van der Waals surface area contributed by atoms with E-state index in [1.165, 1.54) is 24.3 Å². The first kappa shape index (κ1) is 20.4. The Hall–Kier alpha value is -1.96. The van der Waals surface area contributed by atoms with Crippen molar-refractivity contribution in [2.75, 3.05) is 11.9 Å². The third-order valence-corrected chi connectivity index (χ3v) is 5.35. The summed E-state index contributed by atoms with van der Waals surface area (Å²) in [6.45, 7) is 2.31. The molecule has 0 bridgehead atoms. The summed E-state index contributed by atoms with van der Waals surface area (Å²) in [5.41, 5.74) is 0.158. The van der Waals surface area contributed by atoms with E-state index in [9.17, 15) is 17.6 Å². The molecule has 0 radical (unpaired) electrons. The van der Waals surface area contributed by atoms with Crippen molar-refractivity contribution in [1.29, 1.82) is 0 Å². The van der Waals surface area contributed by atoms with E-state index < -0.39 is 21.7 Å². The van der Waals surface area contributed by atoms with Gasteiger partial charge in [0, 0.05) is 17.1 Å². The Labute approximate surface area is 157 Å². The number of hydrogen-bond acceptors (Lipinski definition) is 3. The molecular formula is C18H20ClFN2O3S. The molecule has 2 aromatic rings. The zero-order chi connectivity index (χ0) is 19.2. The number of amides is 1. The molecule has 26 heavy (non-hydrogen) atoms. The number of sulfonamides is 1.